The number of ether oxygens (including phenoxy) is 1. The van der Waals surface area contributed by atoms with E-state index >= 15 is 0 Å². The molecule has 2 heterocycles. The molecule has 0 aliphatic carbocycles. The van der Waals surface area contributed by atoms with Gasteiger partial charge in [-0.25, -0.2) is 15.8 Å². The topological polar surface area (TPSA) is 76.3 Å². The fraction of sp³-hybridized carbons (Fsp3) is 0.692. The number of anilines is 2. The summed E-state index contributed by atoms with van der Waals surface area (Å²) in [6.07, 6.45) is 1.19. The minimum atomic E-state index is 0.391. The summed E-state index contributed by atoms with van der Waals surface area (Å²) in [5.41, 5.74) is 2.59. The fourth-order valence-electron chi connectivity index (χ4n) is 2.38. The fourth-order valence-corrected chi connectivity index (χ4v) is 2.38. The van der Waals surface area contributed by atoms with E-state index in [2.05, 4.69) is 34.1 Å². The van der Waals surface area contributed by atoms with Crippen molar-refractivity contribution in [2.24, 2.45) is 17.7 Å². The number of nitrogens with zero attached hydrogens (tertiary/aromatic N) is 3. The number of nitrogen functional groups attached to an aromatic ring is 1. The summed E-state index contributed by atoms with van der Waals surface area (Å²) >= 11 is 0. The molecule has 6 nitrogen and oxygen atoms in total. The molecule has 0 amide bonds. The standard InChI is InChI=1S/C13H23N5O/c1-9-4-5-18(7-10(9)2)13-6-11(17-14)15-12(16-13)8-19-3/h6,9-10H,4-5,7-8,14H2,1-3H3,(H,15,16,17). The summed E-state index contributed by atoms with van der Waals surface area (Å²) in [5, 5.41) is 0. The summed E-state index contributed by atoms with van der Waals surface area (Å²) < 4.78 is 5.10. The van der Waals surface area contributed by atoms with Gasteiger partial charge in [-0.1, -0.05) is 13.8 Å². The lowest BCUT2D eigenvalue weighted by Crippen LogP contribution is -2.39. The zero-order chi connectivity index (χ0) is 13.8. The van der Waals surface area contributed by atoms with Gasteiger partial charge in [0.25, 0.3) is 0 Å². The van der Waals surface area contributed by atoms with Crippen LogP contribution in [0.5, 0.6) is 0 Å². The Balaban J connectivity index is 2.20. The largest absolute Gasteiger partial charge is 0.377 e. The molecule has 0 radical (unpaired) electrons. The van der Waals surface area contributed by atoms with Crippen molar-refractivity contribution < 1.29 is 4.74 Å². The number of piperidine rings is 1. The van der Waals surface area contributed by atoms with Crippen LogP contribution in [0.2, 0.25) is 0 Å². The molecule has 2 unspecified atom stereocenters. The molecule has 1 aliphatic rings. The first-order valence-electron chi connectivity index (χ1n) is 6.72. The second kappa shape index (κ2) is 6.16. The van der Waals surface area contributed by atoms with E-state index < -0.39 is 0 Å². The highest BCUT2D eigenvalue weighted by atomic mass is 16.5. The van der Waals surface area contributed by atoms with Gasteiger partial charge in [-0.2, -0.15) is 0 Å². The van der Waals surface area contributed by atoms with Gasteiger partial charge >= 0.3 is 0 Å². The third kappa shape index (κ3) is 3.33. The average Bonchev–Trinajstić information content (AvgIpc) is 2.42. The van der Waals surface area contributed by atoms with Crippen molar-refractivity contribution in [3.63, 3.8) is 0 Å². The van der Waals surface area contributed by atoms with E-state index in [4.69, 9.17) is 10.6 Å². The maximum Gasteiger partial charge on any atom is 0.158 e. The first-order chi connectivity index (χ1) is 9.13. The van der Waals surface area contributed by atoms with Gasteiger partial charge in [0.2, 0.25) is 0 Å². The predicted octanol–water partition coefficient (Wildman–Crippen LogP) is 1.39. The molecule has 0 aromatic carbocycles. The Hall–Kier alpha value is -1.40. The van der Waals surface area contributed by atoms with Crippen LogP contribution in [0.4, 0.5) is 11.6 Å². The number of rotatable bonds is 4. The van der Waals surface area contributed by atoms with Gasteiger partial charge in [0, 0.05) is 26.3 Å². The Bertz CT molecular complexity index is 425. The Morgan fingerprint density at radius 2 is 2.21 bits per heavy atom. The number of nitrogens with one attached hydrogen (secondary N) is 1. The van der Waals surface area contributed by atoms with Crippen LogP contribution in [0, 0.1) is 11.8 Å². The first kappa shape index (κ1) is 14.0. The third-order valence-electron chi connectivity index (χ3n) is 3.84. The summed E-state index contributed by atoms with van der Waals surface area (Å²) in [7, 11) is 1.64. The Morgan fingerprint density at radius 3 is 2.84 bits per heavy atom. The predicted molar refractivity (Wildman–Crippen MR) is 75.7 cm³/mol. The Kier molecular flexibility index (Phi) is 4.55. The van der Waals surface area contributed by atoms with Gasteiger partial charge in [0.1, 0.15) is 18.2 Å². The smallest absolute Gasteiger partial charge is 0.158 e. The maximum absolute atomic E-state index is 5.46. The van der Waals surface area contributed by atoms with Gasteiger partial charge in [-0.05, 0) is 18.3 Å². The molecule has 0 bridgehead atoms. The molecule has 1 fully saturated rings. The van der Waals surface area contributed by atoms with Crippen LogP contribution in [0.1, 0.15) is 26.1 Å². The summed E-state index contributed by atoms with van der Waals surface area (Å²) in [4.78, 5) is 11.1. The van der Waals surface area contributed by atoms with Crippen molar-refractivity contribution in [2.75, 3.05) is 30.5 Å². The van der Waals surface area contributed by atoms with Gasteiger partial charge in [0.05, 0.1) is 0 Å². The molecular formula is C13H23N5O. The van der Waals surface area contributed by atoms with Gasteiger partial charge < -0.3 is 15.1 Å². The highest BCUT2D eigenvalue weighted by Crippen LogP contribution is 2.26. The van der Waals surface area contributed by atoms with E-state index in [1.165, 1.54) is 6.42 Å². The van der Waals surface area contributed by atoms with Crippen LogP contribution < -0.4 is 16.2 Å². The lowest BCUT2D eigenvalue weighted by atomic mass is 9.89. The van der Waals surface area contributed by atoms with E-state index in [0.29, 0.717) is 24.2 Å². The highest BCUT2D eigenvalue weighted by Gasteiger charge is 2.24. The average molecular weight is 265 g/mol. The van der Waals surface area contributed by atoms with E-state index in [-0.39, 0.29) is 0 Å². The summed E-state index contributed by atoms with van der Waals surface area (Å²) in [5.74, 6) is 9.11. The monoisotopic (exact) mass is 265 g/mol. The van der Waals surface area contributed by atoms with Crippen LogP contribution >= 0.6 is 0 Å². The van der Waals surface area contributed by atoms with Crippen LogP contribution in [0.25, 0.3) is 0 Å². The van der Waals surface area contributed by atoms with E-state index in [1.54, 1.807) is 7.11 Å². The van der Waals surface area contributed by atoms with Gasteiger partial charge in [-0.15, -0.1) is 0 Å². The zero-order valence-electron chi connectivity index (χ0n) is 11.9. The molecule has 2 rings (SSSR count). The second-order valence-corrected chi connectivity index (χ2v) is 5.29. The molecule has 106 valence electrons. The van der Waals surface area contributed by atoms with Crippen LogP contribution in [-0.2, 0) is 11.3 Å². The SMILES string of the molecule is COCc1nc(NN)cc(N2CCC(C)C(C)C2)n1. The molecule has 1 aromatic rings. The number of hydrogen-bond donors (Lipinski definition) is 2. The minimum absolute atomic E-state index is 0.391. The van der Waals surface area contributed by atoms with Gasteiger partial charge in [-0.3, -0.25) is 0 Å². The highest BCUT2D eigenvalue weighted by molar-refractivity contribution is 5.49. The van der Waals surface area contributed by atoms with Crippen molar-refractivity contribution in [3.05, 3.63) is 11.9 Å². The Morgan fingerprint density at radius 1 is 1.42 bits per heavy atom. The van der Waals surface area contributed by atoms with Gasteiger partial charge in [0.15, 0.2) is 5.82 Å². The summed E-state index contributed by atoms with van der Waals surface area (Å²) in [6.45, 7) is 7.04. The van der Waals surface area contributed by atoms with E-state index in [9.17, 15) is 0 Å². The first-order valence-corrected chi connectivity index (χ1v) is 6.72. The Labute approximate surface area is 114 Å². The number of hydrazine groups is 1. The van der Waals surface area contributed by atoms with Crippen LogP contribution in [-0.4, -0.2) is 30.2 Å². The second-order valence-electron chi connectivity index (χ2n) is 5.29. The van der Waals surface area contributed by atoms with Crippen molar-refractivity contribution in [1.29, 1.82) is 0 Å². The van der Waals surface area contributed by atoms with Crippen LogP contribution in [0.15, 0.2) is 6.07 Å². The molecular weight excluding hydrogens is 242 g/mol. The zero-order valence-corrected chi connectivity index (χ0v) is 11.9. The lowest BCUT2D eigenvalue weighted by Gasteiger charge is -2.36. The van der Waals surface area contributed by atoms with Crippen molar-refractivity contribution in [2.45, 2.75) is 26.9 Å². The minimum Gasteiger partial charge on any atom is -0.377 e. The van der Waals surface area contributed by atoms with Crippen molar-refractivity contribution in [1.82, 2.24) is 9.97 Å². The van der Waals surface area contributed by atoms with Crippen LogP contribution in [0.3, 0.4) is 0 Å². The molecule has 19 heavy (non-hydrogen) atoms. The summed E-state index contributed by atoms with van der Waals surface area (Å²) in [6, 6.07) is 1.89. The normalized spacial score (nSPS) is 23.5. The molecule has 1 saturated heterocycles. The molecule has 0 saturated carbocycles. The number of aromatic nitrogens is 2. The van der Waals surface area contributed by atoms with E-state index in [1.807, 2.05) is 6.07 Å². The number of hydrogen-bond acceptors (Lipinski definition) is 6. The molecule has 0 spiro atoms. The van der Waals surface area contributed by atoms with Crippen molar-refractivity contribution >= 4 is 11.6 Å². The molecule has 3 N–H and O–H groups in total. The molecule has 1 aromatic heterocycles. The van der Waals surface area contributed by atoms with E-state index in [0.717, 1.165) is 24.8 Å². The lowest BCUT2D eigenvalue weighted by molar-refractivity contribution is 0.178. The maximum atomic E-state index is 5.46. The molecule has 6 heteroatoms. The number of methoxy groups -OCH3 is 1. The van der Waals surface area contributed by atoms with Crippen molar-refractivity contribution in [3.8, 4) is 0 Å². The molecule has 1 aliphatic heterocycles. The molecule has 2 atom stereocenters. The third-order valence-corrected chi connectivity index (χ3v) is 3.84. The number of nitrogens with two attached hydrogens (primary N) is 1. The quantitative estimate of drug-likeness (QED) is 0.633.